The van der Waals surface area contributed by atoms with Crippen molar-refractivity contribution in [3.8, 4) is 0 Å². The summed E-state index contributed by atoms with van der Waals surface area (Å²) in [5.41, 5.74) is 6.83. The van der Waals surface area contributed by atoms with E-state index in [0.29, 0.717) is 6.54 Å². The van der Waals surface area contributed by atoms with Gasteiger partial charge < -0.3 is 11.1 Å². The molecule has 0 unspecified atom stereocenters. The van der Waals surface area contributed by atoms with Crippen molar-refractivity contribution < 1.29 is 0 Å². The minimum Gasteiger partial charge on any atom is -0.326 e. The molecule has 0 bridgehead atoms. The second-order valence-electron chi connectivity index (χ2n) is 3.57. The van der Waals surface area contributed by atoms with Crippen molar-refractivity contribution in [2.75, 3.05) is 6.54 Å². The van der Waals surface area contributed by atoms with E-state index >= 15 is 0 Å². The second-order valence-corrected chi connectivity index (χ2v) is 4.74. The zero-order chi connectivity index (χ0) is 10.7. The van der Waals surface area contributed by atoms with Crippen LogP contribution < -0.4 is 11.1 Å². The highest BCUT2D eigenvalue weighted by Gasteiger charge is 2.01. The van der Waals surface area contributed by atoms with Crippen LogP contribution in [0.4, 0.5) is 0 Å². The summed E-state index contributed by atoms with van der Waals surface area (Å²) < 4.78 is 1.34. The first-order valence-electron chi connectivity index (χ1n) is 5.25. The van der Waals surface area contributed by atoms with Crippen molar-refractivity contribution in [1.29, 1.82) is 0 Å². The van der Waals surface area contributed by atoms with Crippen LogP contribution in [-0.2, 0) is 13.1 Å². The predicted octanol–water partition coefficient (Wildman–Crippen LogP) is 2.47. The van der Waals surface area contributed by atoms with Crippen LogP contribution >= 0.6 is 11.3 Å². The predicted molar refractivity (Wildman–Crippen MR) is 67.1 cm³/mol. The van der Waals surface area contributed by atoms with Crippen LogP contribution in [0.3, 0.4) is 0 Å². The molecular formula is C12H16N2S. The molecule has 1 aromatic heterocycles. The summed E-state index contributed by atoms with van der Waals surface area (Å²) >= 11 is 1.85. The lowest BCUT2D eigenvalue weighted by atomic mass is 10.2. The van der Waals surface area contributed by atoms with Crippen molar-refractivity contribution in [3.63, 3.8) is 0 Å². The van der Waals surface area contributed by atoms with E-state index in [1.807, 2.05) is 11.3 Å². The summed E-state index contributed by atoms with van der Waals surface area (Å²) in [6, 6.07) is 8.70. The molecule has 1 heterocycles. The minimum atomic E-state index is 0.621. The molecule has 80 valence electrons. The molecule has 0 spiro atoms. The number of nitrogens with one attached hydrogen (secondary N) is 1. The van der Waals surface area contributed by atoms with Gasteiger partial charge in [0.05, 0.1) is 0 Å². The molecule has 0 aliphatic rings. The van der Waals surface area contributed by atoms with E-state index < -0.39 is 0 Å². The molecule has 0 aliphatic carbocycles. The minimum absolute atomic E-state index is 0.621. The molecule has 2 aromatic rings. The first kappa shape index (κ1) is 10.6. The van der Waals surface area contributed by atoms with Gasteiger partial charge in [0.15, 0.2) is 0 Å². The highest BCUT2D eigenvalue weighted by Crippen LogP contribution is 2.26. The molecular weight excluding hydrogens is 204 g/mol. The summed E-state index contributed by atoms with van der Waals surface area (Å²) in [6.07, 6.45) is 0. The molecule has 0 fully saturated rings. The third kappa shape index (κ3) is 2.37. The van der Waals surface area contributed by atoms with Crippen LogP contribution in [0.25, 0.3) is 10.1 Å². The summed E-state index contributed by atoms with van der Waals surface area (Å²) in [4.78, 5) is 1.39. The first-order chi connectivity index (χ1) is 7.33. The van der Waals surface area contributed by atoms with Crippen molar-refractivity contribution >= 4 is 21.4 Å². The van der Waals surface area contributed by atoms with E-state index in [1.54, 1.807) is 0 Å². The van der Waals surface area contributed by atoms with Crippen molar-refractivity contribution in [1.82, 2.24) is 5.32 Å². The molecule has 2 rings (SSSR count). The summed E-state index contributed by atoms with van der Waals surface area (Å²) in [7, 11) is 0. The Balaban J connectivity index is 2.29. The average molecular weight is 220 g/mol. The summed E-state index contributed by atoms with van der Waals surface area (Å²) in [6.45, 7) is 4.73. The Morgan fingerprint density at radius 2 is 2.20 bits per heavy atom. The van der Waals surface area contributed by atoms with Crippen molar-refractivity contribution in [2.45, 2.75) is 20.0 Å². The third-order valence-corrected chi connectivity index (χ3v) is 3.52. The van der Waals surface area contributed by atoms with Crippen LogP contribution in [-0.4, -0.2) is 6.54 Å². The zero-order valence-electron chi connectivity index (χ0n) is 8.92. The van der Waals surface area contributed by atoms with Gasteiger partial charge in [-0.15, -0.1) is 11.3 Å². The Morgan fingerprint density at radius 3 is 2.93 bits per heavy atom. The van der Waals surface area contributed by atoms with E-state index in [9.17, 15) is 0 Å². The molecule has 0 amide bonds. The van der Waals surface area contributed by atoms with E-state index in [2.05, 4.69) is 36.5 Å². The maximum absolute atomic E-state index is 5.62. The fraction of sp³-hybridized carbons (Fsp3) is 0.333. The zero-order valence-corrected chi connectivity index (χ0v) is 9.73. The molecule has 0 radical (unpaired) electrons. The van der Waals surface area contributed by atoms with E-state index in [1.165, 1.54) is 20.5 Å². The van der Waals surface area contributed by atoms with Gasteiger partial charge in [-0.3, -0.25) is 0 Å². The third-order valence-electron chi connectivity index (χ3n) is 2.42. The second kappa shape index (κ2) is 4.75. The van der Waals surface area contributed by atoms with Crippen LogP contribution in [0.2, 0.25) is 0 Å². The Kier molecular flexibility index (Phi) is 3.36. The van der Waals surface area contributed by atoms with Gasteiger partial charge in [0, 0.05) is 22.7 Å². The van der Waals surface area contributed by atoms with E-state index in [4.69, 9.17) is 5.73 Å². The van der Waals surface area contributed by atoms with Crippen molar-refractivity contribution in [2.24, 2.45) is 5.73 Å². The summed E-state index contributed by atoms with van der Waals surface area (Å²) in [5.74, 6) is 0. The van der Waals surface area contributed by atoms with Gasteiger partial charge in [0.2, 0.25) is 0 Å². The lowest BCUT2D eigenvalue weighted by Gasteiger charge is -1.95. The molecule has 3 N–H and O–H groups in total. The smallest absolute Gasteiger partial charge is 0.0349 e. The highest BCUT2D eigenvalue weighted by molar-refractivity contribution is 7.19. The van der Waals surface area contributed by atoms with Gasteiger partial charge in [-0.25, -0.2) is 0 Å². The Labute approximate surface area is 94.1 Å². The van der Waals surface area contributed by atoms with Gasteiger partial charge in [0.25, 0.3) is 0 Å². The first-order valence-corrected chi connectivity index (χ1v) is 6.07. The number of nitrogens with two attached hydrogens (primary N) is 1. The monoisotopic (exact) mass is 220 g/mol. The van der Waals surface area contributed by atoms with Gasteiger partial charge in [-0.05, 0) is 29.6 Å². The Bertz CT molecular complexity index is 448. The standard InChI is InChI=1S/C12H16N2S/c1-2-14-8-11-6-10-4-3-9(7-13)5-12(10)15-11/h3-6,14H,2,7-8,13H2,1H3. The number of benzene rings is 1. The normalized spacial score (nSPS) is 11.1. The highest BCUT2D eigenvalue weighted by atomic mass is 32.1. The lowest BCUT2D eigenvalue weighted by molar-refractivity contribution is 0.736. The van der Waals surface area contributed by atoms with Gasteiger partial charge in [-0.1, -0.05) is 19.1 Å². The number of rotatable bonds is 4. The molecule has 0 saturated carbocycles. The molecule has 0 saturated heterocycles. The molecule has 15 heavy (non-hydrogen) atoms. The Morgan fingerprint density at radius 1 is 1.33 bits per heavy atom. The van der Waals surface area contributed by atoms with Crippen LogP contribution in [0, 0.1) is 0 Å². The number of thiophene rings is 1. The maximum atomic E-state index is 5.62. The van der Waals surface area contributed by atoms with E-state index in [0.717, 1.165) is 13.1 Å². The molecule has 3 heteroatoms. The molecule has 1 aromatic carbocycles. The van der Waals surface area contributed by atoms with Gasteiger partial charge in [0.1, 0.15) is 0 Å². The Hall–Kier alpha value is -0.900. The number of hydrogen-bond acceptors (Lipinski definition) is 3. The van der Waals surface area contributed by atoms with Gasteiger partial charge in [-0.2, -0.15) is 0 Å². The average Bonchev–Trinajstić information content (AvgIpc) is 2.67. The molecule has 0 aliphatic heterocycles. The van der Waals surface area contributed by atoms with Gasteiger partial charge >= 0.3 is 0 Å². The fourth-order valence-electron chi connectivity index (χ4n) is 1.59. The SMILES string of the molecule is CCNCc1cc2ccc(CN)cc2s1. The number of fused-ring (bicyclic) bond motifs is 1. The maximum Gasteiger partial charge on any atom is 0.0349 e. The van der Waals surface area contributed by atoms with Crippen molar-refractivity contribution in [3.05, 3.63) is 34.7 Å². The molecule has 2 nitrogen and oxygen atoms in total. The van der Waals surface area contributed by atoms with Crippen LogP contribution in [0.1, 0.15) is 17.4 Å². The van der Waals surface area contributed by atoms with E-state index in [-0.39, 0.29) is 0 Å². The summed E-state index contributed by atoms with van der Waals surface area (Å²) in [5, 5.41) is 4.66. The topological polar surface area (TPSA) is 38.0 Å². The number of hydrogen-bond donors (Lipinski definition) is 2. The lowest BCUT2D eigenvalue weighted by Crippen LogP contribution is -2.10. The quantitative estimate of drug-likeness (QED) is 0.830. The fourth-order valence-corrected chi connectivity index (χ4v) is 2.69. The molecule has 0 atom stereocenters. The van der Waals surface area contributed by atoms with Crippen LogP contribution in [0.5, 0.6) is 0 Å². The largest absolute Gasteiger partial charge is 0.326 e. The van der Waals surface area contributed by atoms with Crippen LogP contribution in [0.15, 0.2) is 24.3 Å².